The van der Waals surface area contributed by atoms with Crippen molar-refractivity contribution in [3.05, 3.63) is 59.9 Å². The molecule has 0 fully saturated rings. The number of hydrogen-bond acceptors (Lipinski definition) is 6. The third kappa shape index (κ3) is 5.83. The van der Waals surface area contributed by atoms with Gasteiger partial charge in [0.05, 0.1) is 16.1 Å². The van der Waals surface area contributed by atoms with Crippen LogP contribution in [0.1, 0.15) is 10.4 Å². The van der Waals surface area contributed by atoms with Crippen molar-refractivity contribution >= 4 is 33.6 Å². The maximum atomic E-state index is 13.5. The number of halogens is 1. The number of nitrogens with zero attached hydrogens (tertiary/aromatic N) is 1. The predicted molar refractivity (Wildman–Crippen MR) is 101 cm³/mol. The summed E-state index contributed by atoms with van der Waals surface area (Å²) in [5.74, 6) is -2.59. The summed E-state index contributed by atoms with van der Waals surface area (Å²) < 4.78 is 43.4. The Hall–Kier alpha value is -3.31. The van der Waals surface area contributed by atoms with Crippen molar-refractivity contribution in [3.63, 3.8) is 0 Å². The standard InChI is InChI=1S/C18H18FN3O6S/c1-22(2)29(26,27)13-7-5-6-12(10-13)17(24)28-11-16(23)21-18(25)20-15-9-4-3-8-14(15)19/h3-10H,11H2,1-2H3,(H2,20,21,23,25). The van der Waals surface area contributed by atoms with Gasteiger partial charge in [0.1, 0.15) is 5.82 Å². The van der Waals surface area contributed by atoms with Gasteiger partial charge in [0.15, 0.2) is 6.61 Å². The summed E-state index contributed by atoms with van der Waals surface area (Å²) in [6.07, 6.45) is 0. The highest BCUT2D eigenvalue weighted by Crippen LogP contribution is 2.15. The number of hydrogen-bond donors (Lipinski definition) is 2. The second kappa shape index (κ2) is 9.26. The third-order valence-corrected chi connectivity index (χ3v) is 5.37. The molecule has 0 unspecified atom stereocenters. The molecule has 2 aromatic carbocycles. The van der Waals surface area contributed by atoms with Gasteiger partial charge in [-0.05, 0) is 30.3 Å². The Kier molecular flexibility index (Phi) is 7.02. The molecule has 0 aliphatic carbocycles. The summed E-state index contributed by atoms with van der Waals surface area (Å²) in [7, 11) is -1.06. The van der Waals surface area contributed by atoms with E-state index in [4.69, 9.17) is 4.74 Å². The number of sulfonamides is 1. The number of amides is 3. The number of nitrogens with one attached hydrogen (secondary N) is 2. The number of ether oxygens (including phenoxy) is 1. The number of para-hydroxylation sites is 1. The number of benzene rings is 2. The van der Waals surface area contributed by atoms with Crippen LogP contribution in [0.25, 0.3) is 0 Å². The minimum absolute atomic E-state index is 0.0865. The van der Waals surface area contributed by atoms with Gasteiger partial charge < -0.3 is 10.1 Å². The summed E-state index contributed by atoms with van der Waals surface area (Å²) >= 11 is 0. The van der Waals surface area contributed by atoms with Crippen LogP contribution < -0.4 is 10.6 Å². The molecule has 0 heterocycles. The number of rotatable bonds is 6. The molecule has 3 amide bonds. The summed E-state index contributed by atoms with van der Waals surface area (Å²) in [5.41, 5.74) is -0.217. The molecule has 9 nitrogen and oxygen atoms in total. The Labute approximate surface area is 166 Å². The summed E-state index contributed by atoms with van der Waals surface area (Å²) in [6.45, 7) is -0.797. The number of carbonyl (C=O) groups is 3. The normalized spacial score (nSPS) is 11.0. The molecular weight excluding hydrogens is 405 g/mol. The highest BCUT2D eigenvalue weighted by Gasteiger charge is 2.20. The molecule has 0 aromatic heterocycles. The van der Waals surface area contributed by atoms with Crippen LogP contribution in [0.5, 0.6) is 0 Å². The molecule has 0 aliphatic heterocycles. The van der Waals surface area contributed by atoms with Gasteiger partial charge in [0.25, 0.3) is 5.91 Å². The van der Waals surface area contributed by atoms with E-state index in [1.807, 2.05) is 5.32 Å². The maximum absolute atomic E-state index is 13.5. The van der Waals surface area contributed by atoms with Crippen LogP contribution in [0.4, 0.5) is 14.9 Å². The Balaban J connectivity index is 1.93. The maximum Gasteiger partial charge on any atom is 0.338 e. The van der Waals surface area contributed by atoms with Crippen molar-refractivity contribution in [2.24, 2.45) is 0 Å². The first kappa shape index (κ1) is 22.0. The van der Waals surface area contributed by atoms with Crippen LogP contribution in [0.15, 0.2) is 53.4 Å². The van der Waals surface area contributed by atoms with Gasteiger partial charge in [-0.1, -0.05) is 18.2 Å². The third-order valence-electron chi connectivity index (χ3n) is 3.56. The lowest BCUT2D eigenvalue weighted by Gasteiger charge is -2.12. The molecule has 29 heavy (non-hydrogen) atoms. The van der Waals surface area contributed by atoms with Crippen LogP contribution >= 0.6 is 0 Å². The zero-order valence-corrected chi connectivity index (χ0v) is 16.3. The lowest BCUT2D eigenvalue weighted by molar-refractivity contribution is -0.123. The second-order valence-corrected chi connectivity index (χ2v) is 8.03. The van der Waals surface area contributed by atoms with Crippen molar-refractivity contribution < 1.29 is 31.9 Å². The van der Waals surface area contributed by atoms with E-state index in [0.29, 0.717) is 0 Å². The monoisotopic (exact) mass is 423 g/mol. The smallest absolute Gasteiger partial charge is 0.338 e. The first-order chi connectivity index (χ1) is 13.6. The van der Waals surface area contributed by atoms with E-state index in [1.54, 1.807) is 0 Å². The summed E-state index contributed by atoms with van der Waals surface area (Å²) in [6, 6.07) is 9.45. The fourth-order valence-electron chi connectivity index (χ4n) is 2.09. The van der Waals surface area contributed by atoms with Crippen molar-refractivity contribution in [3.8, 4) is 0 Å². The van der Waals surface area contributed by atoms with Gasteiger partial charge in [0, 0.05) is 14.1 Å². The molecule has 2 rings (SSSR count). The average molecular weight is 423 g/mol. The van der Waals surface area contributed by atoms with Crippen LogP contribution in [0.3, 0.4) is 0 Å². The lowest BCUT2D eigenvalue weighted by Crippen LogP contribution is -2.37. The highest BCUT2D eigenvalue weighted by molar-refractivity contribution is 7.89. The van der Waals surface area contributed by atoms with E-state index >= 15 is 0 Å². The number of anilines is 1. The zero-order chi connectivity index (χ0) is 21.6. The zero-order valence-electron chi connectivity index (χ0n) is 15.5. The van der Waals surface area contributed by atoms with Crippen molar-refractivity contribution in [1.29, 1.82) is 0 Å². The van der Waals surface area contributed by atoms with Crippen LogP contribution in [0.2, 0.25) is 0 Å². The summed E-state index contributed by atoms with van der Waals surface area (Å²) in [4.78, 5) is 35.4. The van der Waals surface area contributed by atoms with E-state index in [2.05, 4.69) is 5.32 Å². The topological polar surface area (TPSA) is 122 Å². The first-order valence-electron chi connectivity index (χ1n) is 8.16. The van der Waals surface area contributed by atoms with Gasteiger partial charge in [-0.3, -0.25) is 10.1 Å². The largest absolute Gasteiger partial charge is 0.452 e. The molecule has 2 N–H and O–H groups in total. The SMILES string of the molecule is CN(C)S(=O)(=O)c1cccc(C(=O)OCC(=O)NC(=O)Nc2ccccc2F)c1. The molecule has 0 aliphatic rings. The fourth-order valence-corrected chi connectivity index (χ4v) is 3.04. The van der Waals surface area contributed by atoms with E-state index in [0.717, 1.165) is 16.4 Å². The van der Waals surface area contributed by atoms with Crippen molar-refractivity contribution in [2.45, 2.75) is 4.90 Å². The van der Waals surface area contributed by atoms with E-state index in [-0.39, 0.29) is 16.1 Å². The van der Waals surface area contributed by atoms with Gasteiger partial charge in [-0.25, -0.2) is 26.7 Å². The summed E-state index contributed by atoms with van der Waals surface area (Å²) in [5, 5.41) is 4.01. The minimum atomic E-state index is -3.75. The van der Waals surface area contributed by atoms with Crippen molar-refractivity contribution in [1.82, 2.24) is 9.62 Å². The molecule has 11 heteroatoms. The molecule has 0 radical (unpaired) electrons. The van der Waals surface area contributed by atoms with E-state index < -0.39 is 40.4 Å². The lowest BCUT2D eigenvalue weighted by atomic mass is 10.2. The highest BCUT2D eigenvalue weighted by atomic mass is 32.2. The molecule has 2 aromatic rings. The Morgan fingerprint density at radius 3 is 2.41 bits per heavy atom. The van der Waals surface area contributed by atoms with Gasteiger partial charge in [0.2, 0.25) is 10.0 Å². The number of carbonyl (C=O) groups excluding carboxylic acids is 3. The molecular formula is C18H18FN3O6S. The molecule has 0 bridgehead atoms. The fraction of sp³-hybridized carbons (Fsp3) is 0.167. The van der Waals surface area contributed by atoms with Crippen LogP contribution in [-0.4, -0.2) is 51.3 Å². The van der Waals surface area contributed by atoms with Gasteiger partial charge in [-0.15, -0.1) is 0 Å². The number of urea groups is 1. The average Bonchev–Trinajstić information content (AvgIpc) is 2.67. The predicted octanol–water partition coefficient (Wildman–Crippen LogP) is 1.58. The van der Waals surface area contributed by atoms with Crippen molar-refractivity contribution in [2.75, 3.05) is 26.0 Å². The second-order valence-electron chi connectivity index (χ2n) is 5.87. The Morgan fingerprint density at radius 1 is 1.07 bits per heavy atom. The van der Waals surface area contributed by atoms with E-state index in [1.165, 1.54) is 50.5 Å². The van der Waals surface area contributed by atoms with E-state index in [9.17, 15) is 27.2 Å². The van der Waals surface area contributed by atoms with Crippen LogP contribution in [0, 0.1) is 5.82 Å². The molecule has 154 valence electrons. The van der Waals surface area contributed by atoms with Crippen LogP contribution in [-0.2, 0) is 19.6 Å². The quantitative estimate of drug-likeness (QED) is 0.681. The molecule has 0 saturated heterocycles. The minimum Gasteiger partial charge on any atom is -0.452 e. The Morgan fingerprint density at radius 2 is 1.76 bits per heavy atom. The first-order valence-corrected chi connectivity index (χ1v) is 9.60. The molecule has 0 saturated carbocycles. The molecule has 0 spiro atoms. The van der Waals surface area contributed by atoms with Gasteiger partial charge in [-0.2, -0.15) is 0 Å². The molecule has 0 atom stereocenters. The van der Waals surface area contributed by atoms with Gasteiger partial charge >= 0.3 is 12.0 Å². The number of imide groups is 1. The Bertz CT molecular complexity index is 1040. The number of esters is 1.